The van der Waals surface area contributed by atoms with Crippen LogP contribution in [0.2, 0.25) is 0 Å². The van der Waals surface area contributed by atoms with Gasteiger partial charge in [-0.15, -0.1) is 0 Å². The van der Waals surface area contributed by atoms with Gasteiger partial charge in [0.05, 0.1) is 18.2 Å². The molecule has 2 N–H and O–H groups in total. The van der Waals surface area contributed by atoms with Gasteiger partial charge in [-0.05, 0) is 38.5 Å². The van der Waals surface area contributed by atoms with Gasteiger partial charge < -0.3 is 29.6 Å². The van der Waals surface area contributed by atoms with Gasteiger partial charge in [0.1, 0.15) is 0 Å². The number of hydrogen-bond acceptors (Lipinski definition) is 7. The van der Waals surface area contributed by atoms with Crippen molar-refractivity contribution >= 4 is 18.0 Å². The molecule has 2 aliphatic heterocycles. The average molecular weight is 376 g/mol. The monoisotopic (exact) mass is 376 g/mol. The fraction of sp³-hybridized carbons (Fsp3) is 0.389. The van der Waals surface area contributed by atoms with Crippen LogP contribution in [-0.4, -0.2) is 37.5 Å². The van der Waals surface area contributed by atoms with E-state index in [2.05, 4.69) is 10.6 Å². The summed E-state index contributed by atoms with van der Waals surface area (Å²) in [7, 11) is 0. The molecule has 27 heavy (non-hydrogen) atoms. The number of nitrogens with one attached hydrogen (secondary N) is 2. The third kappa shape index (κ3) is 3.81. The molecule has 0 radical (unpaired) electrons. The Hall–Kier alpha value is -3.23. The van der Waals surface area contributed by atoms with Crippen molar-refractivity contribution in [3.05, 3.63) is 35.0 Å². The summed E-state index contributed by atoms with van der Waals surface area (Å²) in [6, 6.07) is 3.89. The summed E-state index contributed by atoms with van der Waals surface area (Å²) in [6.45, 7) is 4.97. The second-order valence-electron chi connectivity index (χ2n) is 5.98. The number of rotatable bonds is 5. The van der Waals surface area contributed by atoms with Crippen LogP contribution in [0.3, 0.4) is 0 Å². The Morgan fingerprint density at radius 2 is 2.04 bits per heavy atom. The number of ether oxygens (including phenoxy) is 4. The van der Waals surface area contributed by atoms with Crippen LogP contribution in [0, 0.1) is 0 Å². The number of esters is 2. The SMILES string of the molecule is CCOC(=O)[C@@H](C)OC(=O)C1=C(C)NC(=O)N[C@H]1c1ccc2c(c1)OCO2. The zero-order chi connectivity index (χ0) is 19.6. The van der Waals surface area contributed by atoms with Crippen LogP contribution in [0.1, 0.15) is 32.4 Å². The Morgan fingerprint density at radius 1 is 1.30 bits per heavy atom. The Balaban J connectivity index is 1.88. The molecule has 144 valence electrons. The molecule has 2 heterocycles. The zero-order valence-electron chi connectivity index (χ0n) is 15.2. The molecule has 1 aromatic rings. The molecule has 0 saturated carbocycles. The first kappa shape index (κ1) is 18.6. The molecule has 2 amide bonds. The van der Waals surface area contributed by atoms with Crippen molar-refractivity contribution in [2.45, 2.75) is 32.9 Å². The molecule has 0 fully saturated rings. The van der Waals surface area contributed by atoms with Crippen molar-refractivity contribution in [1.82, 2.24) is 10.6 Å². The van der Waals surface area contributed by atoms with Crippen LogP contribution >= 0.6 is 0 Å². The fourth-order valence-corrected chi connectivity index (χ4v) is 2.84. The van der Waals surface area contributed by atoms with Gasteiger partial charge >= 0.3 is 18.0 Å². The number of carbonyl (C=O) groups excluding carboxylic acids is 3. The van der Waals surface area contributed by atoms with E-state index in [1.54, 1.807) is 32.0 Å². The van der Waals surface area contributed by atoms with Gasteiger partial charge in [-0.3, -0.25) is 0 Å². The van der Waals surface area contributed by atoms with Crippen LogP contribution in [0.4, 0.5) is 4.79 Å². The van der Waals surface area contributed by atoms with Gasteiger partial charge in [-0.25, -0.2) is 14.4 Å². The smallest absolute Gasteiger partial charge is 0.347 e. The Morgan fingerprint density at radius 3 is 2.78 bits per heavy atom. The highest BCUT2D eigenvalue weighted by Gasteiger charge is 2.34. The lowest BCUT2D eigenvalue weighted by molar-refractivity contribution is -0.164. The van der Waals surface area contributed by atoms with Gasteiger partial charge in [0.15, 0.2) is 17.6 Å². The van der Waals surface area contributed by atoms with Crippen molar-refractivity contribution in [3.63, 3.8) is 0 Å². The van der Waals surface area contributed by atoms with Gasteiger partial charge in [0.2, 0.25) is 6.79 Å². The van der Waals surface area contributed by atoms with E-state index in [0.29, 0.717) is 22.8 Å². The standard InChI is InChI=1S/C18H20N2O7/c1-4-24-16(21)10(3)27-17(22)14-9(2)19-18(23)20-15(14)11-5-6-12-13(7-11)26-8-25-12/h5-7,10,15H,4,8H2,1-3H3,(H2,19,20,23)/t10-,15+/m1/s1. The van der Waals surface area contributed by atoms with Gasteiger partial charge in [-0.2, -0.15) is 0 Å². The van der Waals surface area contributed by atoms with Crippen LogP contribution in [0.25, 0.3) is 0 Å². The third-order valence-corrected chi connectivity index (χ3v) is 4.12. The number of hydrogen-bond donors (Lipinski definition) is 2. The largest absolute Gasteiger partial charge is 0.463 e. The van der Waals surface area contributed by atoms with E-state index >= 15 is 0 Å². The molecule has 9 heteroatoms. The maximum absolute atomic E-state index is 12.7. The maximum Gasteiger partial charge on any atom is 0.347 e. The highest BCUT2D eigenvalue weighted by Crippen LogP contribution is 2.37. The summed E-state index contributed by atoms with van der Waals surface area (Å²) in [4.78, 5) is 36.4. The summed E-state index contributed by atoms with van der Waals surface area (Å²) < 4.78 is 20.7. The lowest BCUT2D eigenvalue weighted by Crippen LogP contribution is -2.45. The first-order valence-electron chi connectivity index (χ1n) is 8.46. The second-order valence-corrected chi connectivity index (χ2v) is 5.98. The van der Waals surface area contributed by atoms with Crippen molar-refractivity contribution in [2.24, 2.45) is 0 Å². The predicted octanol–water partition coefficient (Wildman–Crippen LogP) is 1.54. The summed E-state index contributed by atoms with van der Waals surface area (Å²) in [5, 5.41) is 5.24. The molecular formula is C18H20N2O7. The van der Waals surface area contributed by atoms with Crippen molar-refractivity contribution in [1.29, 1.82) is 0 Å². The molecule has 9 nitrogen and oxygen atoms in total. The number of amides is 2. The normalized spacial score (nSPS) is 19.1. The summed E-state index contributed by atoms with van der Waals surface area (Å²) in [5.74, 6) is -0.273. The number of allylic oxidation sites excluding steroid dienone is 1. The first-order valence-corrected chi connectivity index (χ1v) is 8.46. The minimum Gasteiger partial charge on any atom is -0.463 e. The molecule has 2 aliphatic rings. The highest BCUT2D eigenvalue weighted by atomic mass is 16.7. The molecule has 0 aliphatic carbocycles. The average Bonchev–Trinajstić information content (AvgIpc) is 3.08. The minimum absolute atomic E-state index is 0.109. The van der Waals surface area contributed by atoms with E-state index in [9.17, 15) is 14.4 Å². The van der Waals surface area contributed by atoms with Crippen LogP contribution < -0.4 is 20.1 Å². The number of benzene rings is 1. The van der Waals surface area contributed by atoms with E-state index in [1.165, 1.54) is 6.92 Å². The van der Waals surface area contributed by atoms with E-state index < -0.39 is 30.1 Å². The predicted molar refractivity (Wildman–Crippen MR) is 91.9 cm³/mol. The highest BCUT2D eigenvalue weighted by molar-refractivity contribution is 5.96. The molecule has 0 spiro atoms. The molecular weight excluding hydrogens is 356 g/mol. The van der Waals surface area contributed by atoms with Gasteiger partial charge in [0.25, 0.3) is 0 Å². The number of fused-ring (bicyclic) bond motifs is 1. The summed E-state index contributed by atoms with van der Waals surface area (Å²) >= 11 is 0. The quantitative estimate of drug-likeness (QED) is 0.750. The van der Waals surface area contributed by atoms with Crippen molar-refractivity contribution in [3.8, 4) is 11.5 Å². The van der Waals surface area contributed by atoms with Crippen LogP contribution in [0.5, 0.6) is 11.5 Å². The van der Waals surface area contributed by atoms with E-state index in [0.717, 1.165) is 0 Å². The van der Waals surface area contributed by atoms with E-state index in [-0.39, 0.29) is 19.0 Å². The van der Waals surface area contributed by atoms with Gasteiger partial charge in [-0.1, -0.05) is 6.07 Å². The molecule has 0 aromatic heterocycles. The maximum atomic E-state index is 12.7. The molecule has 2 atom stereocenters. The lowest BCUT2D eigenvalue weighted by Gasteiger charge is -2.28. The molecule has 0 unspecified atom stereocenters. The van der Waals surface area contributed by atoms with Crippen LogP contribution in [-0.2, 0) is 19.1 Å². The topological polar surface area (TPSA) is 112 Å². The minimum atomic E-state index is -1.08. The Labute approximate surface area is 155 Å². The first-order chi connectivity index (χ1) is 12.9. The molecule has 0 bridgehead atoms. The second kappa shape index (κ2) is 7.56. The van der Waals surface area contributed by atoms with E-state index in [1.807, 2.05) is 0 Å². The van der Waals surface area contributed by atoms with Crippen molar-refractivity contribution in [2.75, 3.05) is 13.4 Å². The van der Waals surface area contributed by atoms with E-state index in [4.69, 9.17) is 18.9 Å². The van der Waals surface area contributed by atoms with Gasteiger partial charge in [0, 0.05) is 5.70 Å². The lowest BCUT2D eigenvalue weighted by atomic mass is 9.95. The third-order valence-electron chi connectivity index (χ3n) is 4.12. The number of carbonyl (C=O) groups is 3. The Kier molecular flexibility index (Phi) is 5.20. The van der Waals surface area contributed by atoms with Crippen molar-refractivity contribution < 1.29 is 33.3 Å². The molecule has 0 saturated heterocycles. The van der Waals surface area contributed by atoms with Crippen LogP contribution in [0.15, 0.2) is 29.5 Å². The summed E-state index contributed by atoms with van der Waals surface area (Å²) in [6.07, 6.45) is -1.08. The molecule has 3 rings (SSSR count). The zero-order valence-corrected chi connectivity index (χ0v) is 15.2. The summed E-state index contributed by atoms with van der Waals surface area (Å²) in [5.41, 5.74) is 1.14. The fourth-order valence-electron chi connectivity index (χ4n) is 2.84. The Bertz CT molecular complexity index is 818. The number of urea groups is 1. The molecule has 1 aromatic carbocycles.